The first kappa shape index (κ1) is 19.4. The lowest BCUT2D eigenvalue weighted by Crippen LogP contribution is -2.38. The highest BCUT2D eigenvalue weighted by atomic mass is 16.5. The molecule has 0 unspecified atom stereocenters. The molecule has 2 aromatic carbocycles. The Morgan fingerprint density at radius 1 is 1.07 bits per heavy atom. The molecule has 0 saturated heterocycles. The molecule has 4 amide bonds. The fraction of sp³-hybridized carbons (Fsp3) is 0.182. The minimum absolute atomic E-state index is 0.0205. The van der Waals surface area contributed by atoms with Gasteiger partial charge in [-0.3, -0.25) is 24.1 Å². The standard InChI is InChI=1S/C22H19N3O5/c1-2-10-24-17-12-14(7-8-18(17)30-13-20(24)27)23-19(26)9-11-25-21(28)15-5-3-4-6-16(15)22(25)29/h2-8,12H,1,9-11,13H2,(H,23,26). The molecule has 8 nitrogen and oxygen atoms in total. The Morgan fingerprint density at radius 2 is 1.77 bits per heavy atom. The number of nitrogens with zero attached hydrogens (tertiary/aromatic N) is 2. The van der Waals surface area contributed by atoms with E-state index in [-0.39, 0.29) is 31.4 Å². The van der Waals surface area contributed by atoms with Crippen LogP contribution in [0.15, 0.2) is 55.1 Å². The van der Waals surface area contributed by atoms with Gasteiger partial charge < -0.3 is 15.0 Å². The lowest BCUT2D eigenvalue weighted by molar-refractivity contribution is -0.121. The van der Waals surface area contributed by atoms with Crippen LogP contribution in [0, 0.1) is 0 Å². The molecule has 1 N–H and O–H groups in total. The van der Waals surface area contributed by atoms with Gasteiger partial charge in [0.05, 0.1) is 16.8 Å². The summed E-state index contributed by atoms with van der Waals surface area (Å²) in [6.07, 6.45) is 1.56. The predicted molar refractivity (Wildman–Crippen MR) is 110 cm³/mol. The summed E-state index contributed by atoms with van der Waals surface area (Å²) in [4.78, 5) is 51.9. The zero-order chi connectivity index (χ0) is 21.3. The van der Waals surface area contributed by atoms with Gasteiger partial charge in [0.1, 0.15) is 5.75 Å². The van der Waals surface area contributed by atoms with E-state index in [9.17, 15) is 19.2 Å². The number of ether oxygens (including phenoxy) is 1. The van der Waals surface area contributed by atoms with Gasteiger partial charge in [-0.25, -0.2) is 0 Å². The number of amides is 4. The van der Waals surface area contributed by atoms with Gasteiger partial charge in [0.15, 0.2) is 6.61 Å². The van der Waals surface area contributed by atoms with E-state index in [2.05, 4.69) is 11.9 Å². The molecule has 0 fully saturated rings. The number of nitrogens with one attached hydrogen (secondary N) is 1. The fourth-order valence-corrected chi connectivity index (χ4v) is 3.49. The fourth-order valence-electron chi connectivity index (χ4n) is 3.49. The first-order chi connectivity index (χ1) is 14.5. The van der Waals surface area contributed by atoms with Crippen LogP contribution in [0.3, 0.4) is 0 Å². The first-order valence-corrected chi connectivity index (χ1v) is 9.43. The molecule has 8 heteroatoms. The molecule has 152 valence electrons. The van der Waals surface area contributed by atoms with Crippen molar-refractivity contribution in [1.82, 2.24) is 4.90 Å². The van der Waals surface area contributed by atoms with Crippen molar-refractivity contribution >= 4 is 35.0 Å². The number of fused-ring (bicyclic) bond motifs is 2. The lowest BCUT2D eigenvalue weighted by Gasteiger charge is -2.28. The van der Waals surface area contributed by atoms with Gasteiger partial charge >= 0.3 is 0 Å². The summed E-state index contributed by atoms with van der Waals surface area (Å²) in [5.41, 5.74) is 1.73. The third-order valence-corrected chi connectivity index (χ3v) is 4.94. The average molecular weight is 405 g/mol. The maximum Gasteiger partial charge on any atom is 0.265 e. The molecule has 0 bridgehead atoms. The van der Waals surface area contributed by atoms with E-state index in [1.54, 1.807) is 48.5 Å². The Labute approximate surface area is 172 Å². The smallest absolute Gasteiger partial charge is 0.265 e. The molecule has 2 aliphatic heterocycles. The number of hydrogen-bond donors (Lipinski definition) is 1. The molecular weight excluding hydrogens is 386 g/mol. The molecule has 0 aromatic heterocycles. The van der Waals surface area contributed by atoms with Crippen LogP contribution >= 0.6 is 0 Å². The van der Waals surface area contributed by atoms with Gasteiger partial charge in [-0.2, -0.15) is 0 Å². The molecule has 4 rings (SSSR count). The quantitative estimate of drug-likeness (QED) is 0.587. The van der Waals surface area contributed by atoms with E-state index in [4.69, 9.17) is 4.74 Å². The highest BCUT2D eigenvalue weighted by Gasteiger charge is 2.35. The van der Waals surface area contributed by atoms with Crippen LogP contribution < -0.4 is 15.0 Å². The number of imide groups is 1. The van der Waals surface area contributed by atoms with Crippen LogP contribution in [0.2, 0.25) is 0 Å². The molecule has 2 aliphatic rings. The summed E-state index contributed by atoms with van der Waals surface area (Å²) in [5.74, 6) is -0.803. The summed E-state index contributed by atoms with van der Waals surface area (Å²) in [7, 11) is 0. The molecular formula is C22H19N3O5. The van der Waals surface area contributed by atoms with Crippen molar-refractivity contribution in [2.75, 3.05) is 29.9 Å². The van der Waals surface area contributed by atoms with E-state index in [0.717, 1.165) is 4.90 Å². The number of benzene rings is 2. The van der Waals surface area contributed by atoms with Gasteiger partial charge in [-0.05, 0) is 30.3 Å². The van der Waals surface area contributed by atoms with E-state index < -0.39 is 11.8 Å². The average Bonchev–Trinajstić information content (AvgIpc) is 2.99. The molecule has 2 aromatic rings. The SMILES string of the molecule is C=CCN1C(=O)COc2ccc(NC(=O)CCN3C(=O)c4ccccc4C3=O)cc21. The van der Waals surface area contributed by atoms with Crippen molar-refractivity contribution in [1.29, 1.82) is 0 Å². The molecule has 0 aliphatic carbocycles. The normalized spacial score (nSPS) is 14.9. The summed E-state index contributed by atoms with van der Waals surface area (Å²) < 4.78 is 5.42. The van der Waals surface area contributed by atoms with Gasteiger partial charge in [0, 0.05) is 25.2 Å². The van der Waals surface area contributed by atoms with Crippen LogP contribution in [0.5, 0.6) is 5.75 Å². The minimum atomic E-state index is -0.395. The third-order valence-electron chi connectivity index (χ3n) is 4.94. The number of rotatable bonds is 6. The predicted octanol–water partition coefficient (Wildman–Crippen LogP) is 2.22. The molecule has 30 heavy (non-hydrogen) atoms. The Kier molecular flexibility index (Phi) is 5.05. The Hall–Kier alpha value is -3.94. The largest absolute Gasteiger partial charge is 0.482 e. The van der Waals surface area contributed by atoms with Gasteiger partial charge in [0.2, 0.25) is 5.91 Å². The van der Waals surface area contributed by atoms with E-state index in [1.165, 1.54) is 4.90 Å². The molecule has 0 spiro atoms. The van der Waals surface area contributed by atoms with Crippen LogP contribution in [0.4, 0.5) is 11.4 Å². The first-order valence-electron chi connectivity index (χ1n) is 9.43. The van der Waals surface area contributed by atoms with E-state index >= 15 is 0 Å². The zero-order valence-electron chi connectivity index (χ0n) is 16.1. The minimum Gasteiger partial charge on any atom is -0.482 e. The molecule has 0 atom stereocenters. The maximum atomic E-state index is 12.4. The van der Waals surface area contributed by atoms with Crippen LogP contribution in [0.1, 0.15) is 27.1 Å². The van der Waals surface area contributed by atoms with Gasteiger partial charge in [0.25, 0.3) is 17.7 Å². The van der Waals surface area contributed by atoms with Gasteiger partial charge in [-0.15, -0.1) is 6.58 Å². The second-order valence-electron chi connectivity index (χ2n) is 6.87. The van der Waals surface area contributed by atoms with Crippen molar-refractivity contribution in [2.45, 2.75) is 6.42 Å². The van der Waals surface area contributed by atoms with E-state index in [0.29, 0.717) is 34.8 Å². The third kappa shape index (κ3) is 3.43. The number of carbonyl (C=O) groups excluding carboxylic acids is 4. The van der Waals surface area contributed by atoms with Crippen molar-refractivity contribution in [3.05, 3.63) is 66.2 Å². The maximum absolute atomic E-state index is 12.4. The highest BCUT2D eigenvalue weighted by Crippen LogP contribution is 2.34. The molecule has 0 radical (unpaired) electrons. The second-order valence-corrected chi connectivity index (χ2v) is 6.87. The Balaban J connectivity index is 1.42. The number of carbonyl (C=O) groups is 4. The Morgan fingerprint density at radius 3 is 2.43 bits per heavy atom. The monoisotopic (exact) mass is 405 g/mol. The van der Waals surface area contributed by atoms with Gasteiger partial charge in [-0.1, -0.05) is 18.2 Å². The Bertz CT molecular complexity index is 1040. The van der Waals surface area contributed by atoms with E-state index in [1.807, 2.05) is 0 Å². The number of hydrogen-bond acceptors (Lipinski definition) is 5. The van der Waals surface area contributed by atoms with Crippen molar-refractivity contribution in [3.63, 3.8) is 0 Å². The lowest BCUT2D eigenvalue weighted by atomic mass is 10.1. The van der Waals surface area contributed by atoms with Crippen molar-refractivity contribution in [2.24, 2.45) is 0 Å². The summed E-state index contributed by atoms with van der Waals surface area (Å²) >= 11 is 0. The summed E-state index contributed by atoms with van der Waals surface area (Å²) in [5, 5.41) is 2.74. The van der Waals surface area contributed by atoms with Crippen molar-refractivity contribution < 1.29 is 23.9 Å². The summed E-state index contributed by atoms with van der Waals surface area (Å²) in [6, 6.07) is 11.6. The number of anilines is 2. The van der Waals surface area contributed by atoms with Crippen LogP contribution in [0.25, 0.3) is 0 Å². The highest BCUT2D eigenvalue weighted by molar-refractivity contribution is 6.21. The van der Waals surface area contributed by atoms with Crippen LogP contribution in [-0.4, -0.2) is 48.2 Å². The second kappa shape index (κ2) is 7.82. The summed E-state index contributed by atoms with van der Waals surface area (Å²) in [6.45, 7) is 3.91. The zero-order valence-corrected chi connectivity index (χ0v) is 16.1. The topological polar surface area (TPSA) is 96.0 Å². The molecule has 2 heterocycles. The van der Waals surface area contributed by atoms with Crippen molar-refractivity contribution in [3.8, 4) is 5.75 Å². The van der Waals surface area contributed by atoms with Crippen LogP contribution in [-0.2, 0) is 9.59 Å². The molecule has 0 saturated carbocycles.